The Hall–Kier alpha value is -4.60. The largest absolute Gasteiger partial charge is 0.481 e. The summed E-state index contributed by atoms with van der Waals surface area (Å²) in [5.74, 6) is -7.81. The van der Waals surface area contributed by atoms with Crippen molar-refractivity contribution in [3.8, 4) is 0 Å². The highest BCUT2D eigenvalue weighted by Gasteiger charge is 2.50. The molecule has 2 aromatic rings. The summed E-state index contributed by atoms with van der Waals surface area (Å²) in [5.41, 5.74) is 1.45. The van der Waals surface area contributed by atoms with Crippen molar-refractivity contribution in [2.45, 2.75) is 75.8 Å². The number of aliphatic carboxylic acids is 4. The van der Waals surface area contributed by atoms with Crippen LogP contribution in [0.5, 0.6) is 0 Å². The van der Waals surface area contributed by atoms with Crippen molar-refractivity contribution in [2.24, 2.45) is 5.41 Å². The molecule has 3 heterocycles. The fraction of sp³-hybridized carbons (Fsp3) is 0.600. The number of anilines is 1. The molecule has 1 aliphatic heterocycles. The van der Waals surface area contributed by atoms with Crippen LogP contribution in [-0.4, -0.2) is 178 Å². The highest BCUT2D eigenvalue weighted by atomic mass is 32.2. The van der Waals surface area contributed by atoms with E-state index in [1.54, 1.807) is 0 Å². The van der Waals surface area contributed by atoms with Crippen LogP contribution < -0.4 is 16.4 Å². The van der Waals surface area contributed by atoms with Crippen molar-refractivity contribution in [3.05, 3.63) is 12.7 Å². The van der Waals surface area contributed by atoms with E-state index in [1.807, 2.05) is 0 Å². The molecule has 0 bridgehead atoms. The Labute approximate surface area is 379 Å². The number of carboxylic acid groups (broad SMARTS) is 4. The molecule has 2 unspecified atom stereocenters. The Morgan fingerprint density at radius 3 is 2.06 bits per heavy atom. The van der Waals surface area contributed by atoms with Gasteiger partial charge in [-0.3, -0.25) is 46.9 Å². The molecule has 1 saturated heterocycles. The van der Waals surface area contributed by atoms with Crippen LogP contribution >= 0.6 is 35.2 Å². The quantitative estimate of drug-likeness (QED) is 0.0252. The van der Waals surface area contributed by atoms with E-state index in [2.05, 4.69) is 34.4 Å². The second kappa shape index (κ2) is 24.6. The molecule has 1 aliphatic rings. The summed E-state index contributed by atoms with van der Waals surface area (Å²) >= 11 is 0.718. The van der Waals surface area contributed by atoms with Gasteiger partial charge in [0, 0.05) is 30.7 Å². The number of rotatable bonds is 26. The molecular formula is C30H46N7O26P3S. The summed E-state index contributed by atoms with van der Waals surface area (Å²) in [6.07, 6.45) is -10.1. The second-order valence-electron chi connectivity index (χ2n) is 14.3. The number of aromatic nitrogens is 4. The molecule has 15 N–H and O–H groups in total. The smallest absolute Gasteiger partial charge is 0.481 e. The number of fused-ring (bicyclic) bond motifs is 1. The van der Waals surface area contributed by atoms with Crippen LogP contribution in [0, 0.1) is 5.41 Å². The lowest BCUT2D eigenvalue weighted by Crippen LogP contribution is -2.46. The molecule has 0 aromatic carbocycles. The SMILES string of the molecule is CC(C)(COP(=O)(O)OP(=O)(O)OC[C@H]1O[C@@H](n2cnc3c(N)ncnc32)[C@H](O)[C@@H]1OP(=O)(O)O)[C@@H](O)C(=O)NCCC(=O)NCCSC(=O)CC(=O)O.O=C(O)CC(O)(CC(=O)O)C(=O)O. The van der Waals surface area contributed by atoms with Gasteiger partial charge in [-0.05, 0) is 0 Å². The van der Waals surface area contributed by atoms with Gasteiger partial charge < -0.3 is 76.4 Å². The zero-order valence-corrected chi connectivity index (χ0v) is 38.1. The highest BCUT2D eigenvalue weighted by Crippen LogP contribution is 2.61. The molecule has 0 spiro atoms. The number of amides is 2. The minimum absolute atomic E-state index is 0.0185. The van der Waals surface area contributed by atoms with E-state index >= 15 is 0 Å². The molecule has 378 valence electrons. The van der Waals surface area contributed by atoms with Gasteiger partial charge in [0.25, 0.3) is 0 Å². The van der Waals surface area contributed by atoms with Gasteiger partial charge in [-0.1, -0.05) is 25.6 Å². The number of nitrogens with zero attached hydrogens (tertiary/aromatic N) is 4. The number of carbonyl (C=O) groups excluding carboxylic acids is 3. The molecule has 0 aliphatic carbocycles. The molecule has 7 atom stereocenters. The normalized spacial score (nSPS) is 19.8. The predicted octanol–water partition coefficient (Wildman–Crippen LogP) is -3.11. The first-order valence-corrected chi connectivity index (χ1v) is 23.9. The van der Waals surface area contributed by atoms with E-state index < -0.39 is 138 Å². The number of phosphoric ester groups is 3. The molecule has 33 nitrogen and oxygen atoms in total. The first-order chi connectivity index (χ1) is 30.7. The molecule has 37 heteroatoms. The Bertz CT molecular complexity index is 2260. The molecular weight excluding hydrogens is 999 g/mol. The third-order valence-electron chi connectivity index (χ3n) is 8.35. The van der Waals surface area contributed by atoms with Gasteiger partial charge in [-0.2, -0.15) is 4.31 Å². The third kappa shape index (κ3) is 19.5. The van der Waals surface area contributed by atoms with Crippen LogP contribution in [0.25, 0.3) is 11.2 Å². The van der Waals surface area contributed by atoms with Crippen LogP contribution in [0.4, 0.5) is 5.82 Å². The summed E-state index contributed by atoms with van der Waals surface area (Å²) < 4.78 is 61.8. The molecule has 3 rings (SSSR count). The number of hydrogen-bond acceptors (Lipinski definition) is 23. The number of aliphatic hydroxyl groups is 3. The fourth-order valence-corrected chi connectivity index (χ4v) is 8.67. The number of nitrogens with two attached hydrogens (primary N) is 1. The second-order valence-corrected chi connectivity index (χ2v) is 19.7. The van der Waals surface area contributed by atoms with Crippen molar-refractivity contribution in [3.63, 3.8) is 0 Å². The molecule has 0 radical (unpaired) electrons. The number of aliphatic hydroxyl groups excluding tert-OH is 2. The van der Waals surface area contributed by atoms with E-state index in [9.17, 15) is 77.0 Å². The van der Waals surface area contributed by atoms with Crippen LogP contribution in [0.2, 0.25) is 0 Å². The van der Waals surface area contributed by atoms with Gasteiger partial charge in [0.2, 0.25) is 11.8 Å². The number of imidazole rings is 1. The van der Waals surface area contributed by atoms with Crippen LogP contribution in [0.3, 0.4) is 0 Å². The summed E-state index contributed by atoms with van der Waals surface area (Å²) in [6.45, 7) is 0.132. The number of carboxylic acids is 4. The maximum atomic E-state index is 12.6. The first kappa shape index (κ1) is 58.5. The number of nitrogen functional groups attached to an aromatic ring is 1. The molecule has 2 amide bonds. The first-order valence-electron chi connectivity index (χ1n) is 18.3. The van der Waals surface area contributed by atoms with Gasteiger partial charge in [0.15, 0.2) is 28.4 Å². The van der Waals surface area contributed by atoms with Gasteiger partial charge in [-0.15, -0.1) is 0 Å². The topological polar surface area (TPSA) is 533 Å². The monoisotopic (exact) mass is 1050 g/mol. The summed E-state index contributed by atoms with van der Waals surface area (Å²) in [6, 6.07) is 0. The van der Waals surface area contributed by atoms with Crippen molar-refractivity contribution < 1.29 is 125 Å². The standard InChI is InChI=1S/C24H38N7O19P3S.C6H8O7/c1-24(2,19(37)22(38)27-4-3-13(32)26-5-6-54-15(35)7-14(33)34)9-47-53(44,45)50-52(42,43)46-8-12-18(49-51(39,40)41)17(36)23(48-12)31-11-30-16-20(25)28-10-29-21(16)31;7-3(8)1-6(13,5(11)12)2-4(9)10/h10-12,17-19,23,36-37H,3-9H2,1-2H3,(H,26,32)(H,27,38)(H,33,34)(H,42,43)(H,44,45)(H2,25,28,29)(H2,39,40,41);13H,1-2H2,(H,7,8)(H,9,10)(H,11,12)/t12-,17-,18-,19+,23-;/m1./s1. The maximum absolute atomic E-state index is 12.6. The lowest BCUT2D eigenvalue weighted by Gasteiger charge is -2.30. The molecule has 1 fully saturated rings. The number of phosphoric acid groups is 3. The number of carbonyl (C=O) groups is 7. The Kier molecular flexibility index (Phi) is 21.5. The van der Waals surface area contributed by atoms with E-state index in [0.717, 1.165) is 29.0 Å². The predicted molar refractivity (Wildman–Crippen MR) is 216 cm³/mol. The number of ether oxygens (including phenoxy) is 1. The minimum Gasteiger partial charge on any atom is -0.481 e. The molecule has 2 aromatic heterocycles. The molecule has 0 saturated carbocycles. The third-order valence-corrected chi connectivity index (χ3v) is 12.3. The Morgan fingerprint density at radius 1 is 0.910 bits per heavy atom. The number of hydrogen-bond donors (Lipinski definition) is 14. The van der Waals surface area contributed by atoms with E-state index in [4.69, 9.17) is 45.1 Å². The maximum Gasteiger partial charge on any atom is 0.481 e. The average molecular weight is 1050 g/mol. The van der Waals surface area contributed by atoms with Crippen molar-refractivity contribution in [1.29, 1.82) is 0 Å². The lowest BCUT2D eigenvalue weighted by molar-refractivity contribution is -0.170. The van der Waals surface area contributed by atoms with E-state index in [0.29, 0.717) is 0 Å². The minimum atomic E-state index is -5.59. The van der Waals surface area contributed by atoms with Crippen molar-refractivity contribution in [2.75, 3.05) is 37.8 Å². The van der Waals surface area contributed by atoms with Crippen LogP contribution in [-0.2, 0) is 69.9 Å². The van der Waals surface area contributed by atoms with Crippen LogP contribution in [0.15, 0.2) is 12.7 Å². The lowest BCUT2D eigenvalue weighted by atomic mass is 9.87. The van der Waals surface area contributed by atoms with Gasteiger partial charge in [-0.25, -0.2) is 33.4 Å². The van der Waals surface area contributed by atoms with Crippen LogP contribution in [0.1, 0.15) is 45.8 Å². The summed E-state index contributed by atoms with van der Waals surface area (Å²) in [5, 5.41) is 67.8. The number of thioether (sulfide) groups is 1. The number of nitrogens with one attached hydrogen (secondary N) is 2. The van der Waals surface area contributed by atoms with Gasteiger partial charge in [0.05, 0.1) is 32.4 Å². The van der Waals surface area contributed by atoms with E-state index in [-0.39, 0.29) is 42.2 Å². The fourth-order valence-electron chi connectivity index (χ4n) is 5.18. The van der Waals surface area contributed by atoms with Crippen molar-refractivity contribution in [1.82, 2.24) is 30.2 Å². The zero-order chi connectivity index (χ0) is 51.3. The van der Waals surface area contributed by atoms with Gasteiger partial charge >= 0.3 is 47.3 Å². The average Bonchev–Trinajstić information content (AvgIpc) is 3.73. The molecule has 67 heavy (non-hydrogen) atoms. The van der Waals surface area contributed by atoms with Gasteiger partial charge in [0.1, 0.15) is 42.7 Å². The summed E-state index contributed by atoms with van der Waals surface area (Å²) in [7, 11) is -16.4. The zero-order valence-electron chi connectivity index (χ0n) is 34.6. The van der Waals surface area contributed by atoms with Crippen molar-refractivity contribution >= 4 is 93.0 Å². The highest BCUT2D eigenvalue weighted by molar-refractivity contribution is 8.13. The Morgan fingerprint density at radius 2 is 1.51 bits per heavy atom. The summed E-state index contributed by atoms with van der Waals surface area (Å²) in [4.78, 5) is 127. The Balaban J connectivity index is 0.00000103. The van der Waals surface area contributed by atoms with E-state index in [1.165, 1.54) is 13.8 Å².